The Hall–Kier alpha value is -2.51. The van der Waals surface area contributed by atoms with E-state index in [1.165, 1.54) is 15.3 Å². The molecule has 4 aromatic rings. The van der Waals surface area contributed by atoms with E-state index < -0.39 is 0 Å². The number of carbonyl (C=O) groups is 1. The molecule has 30 heavy (non-hydrogen) atoms. The third kappa shape index (κ3) is 3.26. The maximum atomic E-state index is 13.4. The number of amides is 1. The average Bonchev–Trinajstić information content (AvgIpc) is 3.47. The molecule has 1 aliphatic heterocycles. The Kier molecular flexibility index (Phi) is 4.95. The smallest absolute Gasteiger partial charge is 0.223 e. The molecule has 5 rings (SSSR count). The average molecular weight is 437 g/mol. The first kappa shape index (κ1) is 19.5. The molecule has 5 nitrogen and oxygen atoms in total. The molecule has 0 spiro atoms. The molecule has 5 heterocycles. The number of thiophene rings is 2. The van der Waals surface area contributed by atoms with Crippen LogP contribution in [0.25, 0.3) is 5.65 Å². The molecule has 0 saturated carbocycles. The largest absolute Gasteiger partial charge is 0.330 e. The Labute approximate surface area is 184 Å². The van der Waals surface area contributed by atoms with E-state index in [0.29, 0.717) is 12.8 Å². The molecule has 4 aromatic heterocycles. The number of fused-ring (bicyclic) bond motifs is 2. The maximum absolute atomic E-state index is 13.4. The van der Waals surface area contributed by atoms with Gasteiger partial charge in [-0.2, -0.15) is 5.10 Å². The highest BCUT2D eigenvalue weighted by atomic mass is 32.1. The summed E-state index contributed by atoms with van der Waals surface area (Å²) in [6.07, 6.45) is 2.11. The zero-order valence-corrected chi connectivity index (χ0v) is 19.0. The predicted octanol–water partition coefficient (Wildman–Crippen LogP) is 4.88. The Morgan fingerprint density at radius 1 is 1.20 bits per heavy atom. The van der Waals surface area contributed by atoms with E-state index in [1.807, 2.05) is 24.4 Å². The van der Waals surface area contributed by atoms with Gasteiger partial charge in [-0.1, -0.05) is 6.07 Å². The van der Waals surface area contributed by atoms with Crippen LogP contribution in [0.2, 0.25) is 0 Å². The van der Waals surface area contributed by atoms with Crippen LogP contribution in [0.4, 0.5) is 0 Å². The van der Waals surface area contributed by atoms with Crippen LogP contribution in [-0.2, 0) is 17.6 Å². The summed E-state index contributed by atoms with van der Waals surface area (Å²) in [5.41, 5.74) is 6.31. The van der Waals surface area contributed by atoms with Crippen molar-refractivity contribution in [3.63, 3.8) is 0 Å². The van der Waals surface area contributed by atoms with Gasteiger partial charge in [-0.25, -0.2) is 9.50 Å². The molecule has 0 radical (unpaired) electrons. The second kappa shape index (κ2) is 7.63. The third-order valence-corrected chi connectivity index (χ3v) is 7.90. The molecule has 0 N–H and O–H groups in total. The zero-order chi connectivity index (χ0) is 20.8. The van der Waals surface area contributed by atoms with Gasteiger partial charge in [0.15, 0.2) is 5.65 Å². The fourth-order valence-electron chi connectivity index (χ4n) is 4.52. The number of rotatable bonds is 4. The number of nitrogens with zero attached hydrogens (tertiary/aromatic N) is 4. The van der Waals surface area contributed by atoms with Crippen LogP contribution < -0.4 is 0 Å². The van der Waals surface area contributed by atoms with Gasteiger partial charge < -0.3 is 4.90 Å². The predicted molar refractivity (Wildman–Crippen MR) is 121 cm³/mol. The number of hydrogen-bond donors (Lipinski definition) is 0. The fraction of sp³-hybridized carbons (Fsp3) is 0.348. The summed E-state index contributed by atoms with van der Waals surface area (Å²) in [5, 5.41) is 8.80. The van der Waals surface area contributed by atoms with E-state index >= 15 is 0 Å². The van der Waals surface area contributed by atoms with Crippen molar-refractivity contribution in [2.24, 2.45) is 0 Å². The highest BCUT2D eigenvalue weighted by molar-refractivity contribution is 7.10. The molecule has 0 bridgehead atoms. The van der Waals surface area contributed by atoms with E-state index in [2.05, 4.69) is 45.9 Å². The number of carbonyl (C=O) groups excluding carboxylic acids is 1. The van der Waals surface area contributed by atoms with Crippen LogP contribution in [0.15, 0.2) is 35.0 Å². The van der Waals surface area contributed by atoms with Crippen LogP contribution in [-0.4, -0.2) is 31.9 Å². The molecular formula is C23H24N4OS2. The van der Waals surface area contributed by atoms with Gasteiger partial charge in [0.05, 0.1) is 11.7 Å². The Morgan fingerprint density at radius 3 is 2.87 bits per heavy atom. The van der Waals surface area contributed by atoms with E-state index in [4.69, 9.17) is 4.98 Å². The van der Waals surface area contributed by atoms with E-state index in [0.717, 1.165) is 41.3 Å². The van der Waals surface area contributed by atoms with Gasteiger partial charge in [0.1, 0.15) is 0 Å². The molecule has 1 aliphatic rings. The highest BCUT2D eigenvalue weighted by Gasteiger charge is 2.33. The monoisotopic (exact) mass is 436 g/mol. The van der Waals surface area contributed by atoms with Crippen LogP contribution in [0.3, 0.4) is 0 Å². The van der Waals surface area contributed by atoms with Crippen LogP contribution >= 0.6 is 22.7 Å². The molecule has 0 fully saturated rings. The first-order chi connectivity index (χ1) is 14.5. The van der Waals surface area contributed by atoms with Crippen molar-refractivity contribution in [1.82, 2.24) is 19.5 Å². The first-order valence-electron chi connectivity index (χ1n) is 10.2. The summed E-state index contributed by atoms with van der Waals surface area (Å²) in [6.45, 7) is 6.86. The molecule has 1 atom stereocenters. The zero-order valence-electron chi connectivity index (χ0n) is 17.4. The summed E-state index contributed by atoms with van der Waals surface area (Å²) < 4.78 is 1.90. The molecule has 0 aliphatic carbocycles. The Balaban J connectivity index is 1.41. The van der Waals surface area contributed by atoms with Gasteiger partial charge in [0.25, 0.3) is 0 Å². The lowest BCUT2D eigenvalue weighted by Crippen LogP contribution is -2.39. The molecule has 0 saturated heterocycles. The lowest BCUT2D eigenvalue weighted by atomic mass is 9.97. The van der Waals surface area contributed by atoms with Gasteiger partial charge in [-0.05, 0) is 67.6 Å². The lowest BCUT2D eigenvalue weighted by Gasteiger charge is -2.35. The first-order valence-corrected chi connectivity index (χ1v) is 12.0. The number of aromatic nitrogens is 3. The number of aryl methyl sites for hydroxylation is 3. The van der Waals surface area contributed by atoms with Crippen molar-refractivity contribution >= 4 is 34.2 Å². The summed E-state index contributed by atoms with van der Waals surface area (Å²) in [5.74, 6) is 0.209. The second-order valence-electron chi connectivity index (χ2n) is 7.87. The van der Waals surface area contributed by atoms with Gasteiger partial charge in [-0.15, -0.1) is 22.7 Å². The van der Waals surface area contributed by atoms with Gasteiger partial charge in [0, 0.05) is 40.2 Å². The van der Waals surface area contributed by atoms with Crippen molar-refractivity contribution in [3.8, 4) is 0 Å². The highest BCUT2D eigenvalue weighted by Crippen LogP contribution is 2.39. The summed E-state index contributed by atoms with van der Waals surface area (Å²) in [4.78, 5) is 22.8. The summed E-state index contributed by atoms with van der Waals surface area (Å²) in [7, 11) is 0. The summed E-state index contributed by atoms with van der Waals surface area (Å²) in [6, 6.07) is 8.45. The van der Waals surface area contributed by atoms with E-state index in [9.17, 15) is 4.79 Å². The topological polar surface area (TPSA) is 50.5 Å². The lowest BCUT2D eigenvalue weighted by molar-refractivity contribution is -0.133. The van der Waals surface area contributed by atoms with Crippen molar-refractivity contribution in [3.05, 3.63) is 73.0 Å². The van der Waals surface area contributed by atoms with Crippen molar-refractivity contribution < 1.29 is 4.79 Å². The Morgan fingerprint density at radius 2 is 2.07 bits per heavy atom. The molecule has 154 valence electrons. The molecule has 7 heteroatoms. The number of hydrogen-bond acceptors (Lipinski definition) is 5. The van der Waals surface area contributed by atoms with Crippen LogP contribution in [0.1, 0.15) is 50.4 Å². The van der Waals surface area contributed by atoms with Crippen molar-refractivity contribution in [2.45, 2.75) is 46.1 Å². The van der Waals surface area contributed by atoms with Crippen molar-refractivity contribution in [2.75, 3.05) is 6.54 Å². The van der Waals surface area contributed by atoms with Gasteiger partial charge >= 0.3 is 0 Å². The third-order valence-electron chi connectivity index (χ3n) is 5.97. The normalized spacial score (nSPS) is 16.2. The standard InChI is InChI=1S/C23H24N4OS2/c1-14-13-21-24-15(2)17(16(3)27(21)25-14)6-7-22(28)26-10-8-19-18(9-12-30-19)23(26)20-5-4-11-29-20/h4-5,9,11-13,23H,6-8,10H2,1-3H3. The van der Waals surface area contributed by atoms with Crippen LogP contribution in [0.5, 0.6) is 0 Å². The summed E-state index contributed by atoms with van der Waals surface area (Å²) >= 11 is 3.54. The van der Waals surface area contributed by atoms with Crippen LogP contribution in [0, 0.1) is 20.8 Å². The second-order valence-corrected chi connectivity index (χ2v) is 9.85. The quantitative estimate of drug-likeness (QED) is 0.458. The van der Waals surface area contributed by atoms with E-state index in [-0.39, 0.29) is 11.9 Å². The SMILES string of the molecule is Cc1cc2nc(C)c(CCC(=O)N3CCc4sccc4C3c3cccs3)c(C)n2n1. The maximum Gasteiger partial charge on any atom is 0.223 e. The molecule has 1 unspecified atom stereocenters. The fourth-order valence-corrected chi connectivity index (χ4v) is 6.28. The molecular weight excluding hydrogens is 412 g/mol. The minimum atomic E-state index is 0.0454. The van der Waals surface area contributed by atoms with Crippen molar-refractivity contribution in [1.29, 1.82) is 0 Å². The Bertz CT molecular complexity index is 1220. The van der Waals surface area contributed by atoms with Gasteiger partial charge in [-0.3, -0.25) is 4.79 Å². The minimum Gasteiger partial charge on any atom is -0.330 e. The van der Waals surface area contributed by atoms with E-state index in [1.54, 1.807) is 22.7 Å². The van der Waals surface area contributed by atoms with Gasteiger partial charge in [0.2, 0.25) is 5.91 Å². The minimum absolute atomic E-state index is 0.0454. The molecule has 0 aromatic carbocycles. The molecule has 1 amide bonds.